The highest BCUT2D eigenvalue weighted by Gasteiger charge is 2.14. The van der Waals surface area contributed by atoms with Crippen molar-refractivity contribution in [1.29, 1.82) is 0 Å². The highest BCUT2D eigenvalue weighted by Crippen LogP contribution is 2.34. The number of nitrogens with zero attached hydrogens (tertiary/aromatic N) is 2. The van der Waals surface area contributed by atoms with Gasteiger partial charge >= 0.3 is 5.97 Å². The summed E-state index contributed by atoms with van der Waals surface area (Å²) in [6.45, 7) is 2.59. The van der Waals surface area contributed by atoms with Gasteiger partial charge in [0.1, 0.15) is 11.6 Å². The minimum Gasteiger partial charge on any atom is -0.493 e. The highest BCUT2D eigenvalue weighted by molar-refractivity contribution is 7.13. The van der Waals surface area contributed by atoms with Crippen molar-refractivity contribution in [3.63, 3.8) is 0 Å². The van der Waals surface area contributed by atoms with E-state index in [1.807, 2.05) is 42.6 Å². The first kappa shape index (κ1) is 19.8. The average Bonchev–Trinajstić information content (AvgIpc) is 3.26. The Hall–Kier alpha value is -3.45. The second-order valence-electron chi connectivity index (χ2n) is 6.39. The number of carbonyl (C=O) groups is 1. The predicted molar refractivity (Wildman–Crippen MR) is 116 cm³/mol. The molecule has 152 valence electrons. The van der Waals surface area contributed by atoms with E-state index in [-0.39, 0.29) is 6.61 Å². The molecule has 2 aromatic carbocycles. The molecule has 6 nitrogen and oxygen atoms in total. The minimum absolute atomic E-state index is 0.0974. The van der Waals surface area contributed by atoms with Crippen molar-refractivity contribution in [3.05, 3.63) is 71.4 Å². The van der Waals surface area contributed by atoms with Gasteiger partial charge in [0.2, 0.25) is 0 Å². The fraction of sp³-hybridized carbons (Fsp3) is 0.174. The first-order chi connectivity index (χ1) is 14.7. The number of hydrogen-bond acceptors (Lipinski definition) is 7. The van der Waals surface area contributed by atoms with Crippen LogP contribution >= 0.6 is 11.3 Å². The molecule has 0 fully saturated rings. The van der Waals surface area contributed by atoms with Crippen molar-refractivity contribution < 1.29 is 19.0 Å². The summed E-state index contributed by atoms with van der Waals surface area (Å²) in [5.41, 5.74) is 2.85. The number of fused-ring (bicyclic) bond motifs is 1. The maximum Gasteiger partial charge on any atom is 0.339 e. The second-order valence-corrected chi connectivity index (χ2v) is 7.25. The molecule has 7 heteroatoms. The second kappa shape index (κ2) is 8.92. The van der Waals surface area contributed by atoms with Gasteiger partial charge in [0, 0.05) is 22.5 Å². The Morgan fingerprint density at radius 3 is 2.83 bits per heavy atom. The molecule has 0 saturated carbocycles. The van der Waals surface area contributed by atoms with Gasteiger partial charge in [-0.15, -0.1) is 11.3 Å². The number of methoxy groups -OCH3 is 1. The molecule has 2 heterocycles. The summed E-state index contributed by atoms with van der Waals surface area (Å²) >= 11 is 1.48. The third-order valence-corrected chi connectivity index (χ3v) is 5.42. The van der Waals surface area contributed by atoms with Gasteiger partial charge in [-0.2, -0.15) is 0 Å². The molecule has 4 aromatic rings. The summed E-state index contributed by atoms with van der Waals surface area (Å²) < 4.78 is 16.5. The monoisotopic (exact) mass is 420 g/mol. The predicted octanol–water partition coefficient (Wildman–Crippen LogP) is 5.12. The standard InChI is InChI=1S/C23H20N2O4S/c1-3-28-20-10-9-15(12-21(20)27-2)22-25-16(14-30-22)13-29-23(26)18-6-4-8-19-17(18)7-5-11-24-19/h4-12,14H,3,13H2,1-2H3. The van der Waals surface area contributed by atoms with Crippen LogP contribution in [0, 0.1) is 0 Å². The average molecular weight is 420 g/mol. The van der Waals surface area contributed by atoms with Crippen molar-refractivity contribution in [1.82, 2.24) is 9.97 Å². The van der Waals surface area contributed by atoms with E-state index < -0.39 is 5.97 Å². The molecule has 4 rings (SSSR count). The van der Waals surface area contributed by atoms with Crippen LogP contribution in [0.4, 0.5) is 0 Å². The molecule has 2 aromatic heterocycles. The first-order valence-electron chi connectivity index (χ1n) is 9.46. The van der Waals surface area contributed by atoms with Crippen LogP contribution in [0.15, 0.2) is 60.1 Å². The zero-order chi connectivity index (χ0) is 20.9. The highest BCUT2D eigenvalue weighted by atomic mass is 32.1. The molecule has 0 saturated heterocycles. The number of ether oxygens (including phenoxy) is 3. The van der Waals surface area contributed by atoms with Crippen molar-refractivity contribution in [2.45, 2.75) is 13.5 Å². The molecule has 0 aliphatic carbocycles. The number of rotatable bonds is 7. The summed E-state index contributed by atoms with van der Waals surface area (Å²) in [5.74, 6) is 0.951. The lowest BCUT2D eigenvalue weighted by atomic mass is 10.1. The SMILES string of the molecule is CCOc1ccc(-c2nc(COC(=O)c3cccc4ncccc34)cs2)cc1OC. The lowest BCUT2D eigenvalue weighted by molar-refractivity contribution is 0.0471. The van der Waals surface area contributed by atoms with Gasteiger partial charge in [-0.1, -0.05) is 12.1 Å². The van der Waals surface area contributed by atoms with Crippen molar-refractivity contribution in [2.75, 3.05) is 13.7 Å². The number of aromatic nitrogens is 2. The van der Waals surface area contributed by atoms with E-state index in [0.717, 1.165) is 21.5 Å². The number of carbonyl (C=O) groups excluding carboxylic acids is 1. The van der Waals surface area contributed by atoms with Crippen LogP contribution in [0.5, 0.6) is 11.5 Å². The number of hydrogen-bond donors (Lipinski definition) is 0. The normalized spacial score (nSPS) is 10.7. The molecule has 30 heavy (non-hydrogen) atoms. The molecule has 0 amide bonds. The van der Waals surface area contributed by atoms with Crippen LogP contribution in [0.2, 0.25) is 0 Å². The van der Waals surface area contributed by atoms with E-state index in [0.29, 0.717) is 29.4 Å². The molecule has 0 aliphatic rings. The van der Waals surface area contributed by atoms with Gasteiger partial charge in [-0.25, -0.2) is 9.78 Å². The van der Waals surface area contributed by atoms with Gasteiger partial charge < -0.3 is 14.2 Å². The minimum atomic E-state index is -0.397. The lowest BCUT2D eigenvalue weighted by Crippen LogP contribution is -2.06. The quantitative estimate of drug-likeness (QED) is 0.386. The molecule has 0 atom stereocenters. The third-order valence-electron chi connectivity index (χ3n) is 4.48. The van der Waals surface area contributed by atoms with Gasteiger partial charge in [-0.05, 0) is 43.3 Å². The van der Waals surface area contributed by atoms with Crippen molar-refractivity contribution >= 4 is 28.2 Å². The van der Waals surface area contributed by atoms with Gasteiger partial charge in [0.15, 0.2) is 11.5 Å². The maximum absolute atomic E-state index is 12.6. The fourth-order valence-electron chi connectivity index (χ4n) is 3.08. The smallest absolute Gasteiger partial charge is 0.339 e. The topological polar surface area (TPSA) is 70.5 Å². The van der Waals surface area contributed by atoms with E-state index in [1.165, 1.54) is 11.3 Å². The fourth-order valence-corrected chi connectivity index (χ4v) is 3.88. The molecule has 0 bridgehead atoms. The Balaban J connectivity index is 1.48. The number of esters is 1. The molecule has 0 unspecified atom stereocenters. The van der Waals surface area contributed by atoms with E-state index in [4.69, 9.17) is 14.2 Å². The Kier molecular flexibility index (Phi) is 5.90. The van der Waals surface area contributed by atoms with Crippen molar-refractivity contribution in [2.24, 2.45) is 0 Å². The number of pyridine rings is 1. The van der Waals surface area contributed by atoms with E-state index >= 15 is 0 Å². The van der Waals surface area contributed by atoms with Crippen LogP contribution in [0.3, 0.4) is 0 Å². The summed E-state index contributed by atoms with van der Waals surface area (Å²) in [5, 5.41) is 3.47. The van der Waals surface area contributed by atoms with E-state index in [2.05, 4.69) is 9.97 Å². The lowest BCUT2D eigenvalue weighted by Gasteiger charge is -2.10. The Labute approximate surface area is 178 Å². The first-order valence-corrected chi connectivity index (χ1v) is 10.3. The van der Waals surface area contributed by atoms with E-state index in [9.17, 15) is 4.79 Å². The van der Waals surface area contributed by atoms with Crippen molar-refractivity contribution in [3.8, 4) is 22.1 Å². The van der Waals surface area contributed by atoms with Gasteiger partial charge in [0.25, 0.3) is 0 Å². The summed E-state index contributed by atoms with van der Waals surface area (Å²) in [6, 6.07) is 14.8. The summed E-state index contributed by atoms with van der Waals surface area (Å²) in [4.78, 5) is 21.5. The van der Waals surface area contributed by atoms with Gasteiger partial charge in [-0.3, -0.25) is 4.98 Å². The largest absolute Gasteiger partial charge is 0.493 e. The van der Waals surface area contributed by atoms with Crippen LogP contribution in [-0.2, 0) is 11.3 Å². The molecular formula is C23H20N2O4S. The molecule has 0 N–H and O–H groups in total. The van der Waals surface area contributed by atoms with Gasteiger partial charge in [0.05, 0.1) is 30.5 Å². The van der Waals surface area contributed by atoms with Crippen LogP contribution in [0.1, 0.15) is 23.0 Å². The number of benzene rings is 2. The maximum atomic E-state index is 12.6. The Morgan fingerprint density at radius 1 is 1.10 bits per heavy atom. The molecule has 0 aliphatic heterocycles. The zero-order valence-electron chi connectivity index (χ0n) is 16.6. The zero-order valence-corrected chi connectivity index (χ0v) is 17.4. The number of thiazole rings is 1. The Morgan fingerprint density at radius 2 is 2.00 bits per heavy atom. The van der Waals surface area contributed by atoms with E-state index in [1.54, 1.807) is 31.5 Å². The Bertz CT molecular complexity index is 1180. The van der Waals surface area contributed by atoms with Crippen LogP contribution < -0.4 is 9.47 Å². The molecular weight excluding hydrogens is 400 g/mol. The molecule has 0 spiro atoms. The summed E-state index contributed by atoms with van der Waals surface area (Å²) in [6.07, 6.45) is 1.70. The summed E-state index contributed by atoms with van der Waals surface area (Å²) in [7, 11) is 1.61. The van der Waals surface area contributed by atoms with Crippen LogP contribution in [-0.4, -0.2) is 29.7 Å². The molecule has 0 radical (unpaired) electrons. The third kappa shape index (κ3) is 4.11. The van der Waals surface area contributed by atoms with Crippen LogP contribution in [0.25, 0.3) is 21.5 Å².